The maximum absolute atomic E-state index is 11.6. The highest BCUT2D eigenvalue weighted by molar-refractivity contribution is 5.72. The van der Waals surface area contributed by atoms with E-state index in [1.807, 2.05) is 6.07 Å². The van der Waals surface area contributed by atoms with Crippen molar-refractivity contribution in [2.45, 2.75) is 0 Å². The standard InChI is InChI=1S/C17H14N4O4/c1-24-14-10-6-5-9-13(14)20-16-15(21(22)23)17(19-11-18-16)25-12-7-3-2-4-8-12/h2-11H,1H3,(H,18,19,20). The van der Waals surface area contributed by atoms with Crippen LogP contribution in [0.3, 0.4) is 0 Å². The van der Waals surface area contributed by atoms with E-state index in [1.165, 1.54) is 13.4 Å². The molecule has 8 heteroatoms. The van der Waals surface area contributed by atoms with E-state index in [2.05, 4.69) is 15.3 Å². The highest BCUT2D eigenvalue weighted by Crippen LogP contribution is 2.36. The van der Waals surface area contributed by atoms with Gasteiger partial charge in [0.15, 0.2) is 0 Å². The molecule has 0 saturated heterocycles. The molecular formula is C17H14N4O4. The number of methoxy groups -OCH3 is 1. The van der Waals surface area contributed by atoms with Crippen LogP contribution < -0.4 is 14.8 Å². The van der Waals surface area contributed by atoms with E-state index in [4.69, 9.17) is 9.47 Å². The summed E-state index contributed by atoms with van der Waals surface area (Å²) in [5.41, 5.74) is 0.176. The zero-order valence-electron chi connectivity index (χ0n) is 13.2. The molecule has 0 aliphatic rings. The molecule has 0 aliphatic carbocycles. The second kappa shape index (κ2) is 7.26. The smallest absolute Gasteiger partial charge is 0.373 e. The van der Waals surface area contributed by atoms with Gasteiger partial charge in [-0.2, -0.15) is 4.98 Å². The summed E-state index contributed by atoms with van der Waals surface area (Å²) in [6, 6.07) is 15.7. The van der Waals surface area contributed by atoms with Crippen molar-refractivity contribution in [1.29, 1.82) is 0 Å². The molecule has 1 heterocycles. The number of nitrogens with one attached hydrogen (secondary N) is 1. The van der Waals surface area contributed by atoms with Gasteiger partial charge in [-0.1, -0.05) is 30.3 Å². The summed E-state index contributed by atoms with van der Waals surface area (Å²) in [5.74, 6) is 0.826. The third-order valence-corrected chi connectivity index (χ3v) is 3.29. The minimum atomic E-state index is -0.587. The molecule has 3 rings (SSSR count). The lowest BCUT2D eigenvalue weighted by atomic mass is 10.3. The topological polar surface area (TPSA) is 99.4 Å². The summed E-state index contributed by atoms with van der Waals surface area (Å²) >= 11 is 0. The number of hydrogen-bond donors (Lipinski definition) is 1. The SMILES string of the molecule is COc1ccccc1Nc1ncnc(Oc2ccccc2)c1[N+](=O)[O-]. The third kappa shape index (κ3) is 3.63. The van der Waals surface area contributed by atoms with Crippen LogP contribution in [0.25, 0.3) is 0 Å². The first kappa shape index (κ1) is 16.2. The summed E-state index contributed by atoms with van der Waals surface area (Å²) in [5, 5.41) is 14.5. The largest absolute Gasteiger partial charge is 0.495 e. The fourth-order valence-electron chi connectivity index (χ4n) is 2.17. The maximum atomic E-state index is 11.6. The number of para-hydroxylation sites is 3. The van der Waals surface area contributed by atoms with E-state index in [1.54, 1.807) is 48.5 Å². The number of hydrogen-bond acceptors (Lipinski definition) is 7. The van der Waals surface area contributed by atoms with Gasteiger partial charge < -0.3 is 14.8 Å². The molecule has 0 aliphatic heterocycles. The van der Waals surface area contributed by atoms with Gasteiger partial charge >= 0.3 is 11.6 Å². The van der Waals surface area contributed by atoms with E-state index in [0.29, 0.717) is 17.2 Å². The van der Waals surface area contributed by atoms with Gasteiger partial charge in [-0.25, -0.2) is 4.98 Å². The average molecular weight is 338 g/mol. The number of nitrogens with zero attached hydrogens (tertiary/aromatic N) is 3. The molecule has 0 fully saturated rings. The van der Waals surface area contributed by atoms with Crippen molar-refractivity contribution < 1.29 is 14.4 Å². The van der Waals surface area contributed by atoms with Gasteiger partial charge in [-0.05, 0) is 24.3 Å². The van der Waals surface area contributed by atoms with E-state index >= 15 is 0 Å². The van der Waals surface area contributed by atoms with Crippen LogP contribution >= 0.6 is 0 Å². The first-order valence-corrected chi connectivity index (χ1v) is 7.31. The lowest BCUT2D eigenvalue weighted by molar-refractivity contribution is -0.385. The molecule has 0 atom stereocenters. The summed E-state index contributed by atoms with van der Waals surface area (Å²) in [6.45, 7) is 0. The Kier molecular flexibility index (Phi) is 4.70. The second-order valence-corrected chi connectivity index (χ2v) is 4.87. The Hall–Kier alpha value is -3.68. The number of benzene rings is 2. The molecule has 8 nitrogen and oxygen atoms in total. The van der Waals surface area contributed by atoms with Gasteiger partial charge in [-0.3, -0.25) is 10.1 Å². The van der Waals surface area contributed by atoms with E-state index in [0.717, 1.165) is 0 Å². The average Bonchev–Trinajstić information content (AvgIpc) is 2.63. The van der Waals surface area contributed by atoms with Crippen LogP contribution in [-0.4, -0.2) is 22.0 Å². The first-order chi connectivity index (χ1) is 12.2. The molecule has 1 aromatic heterocycles. The lowest BCUT2D eigenvalue weighted by Crippen LogP contribution is -2.04. The molecule has 0 unspecified atom stereocenters. The van der Waals surface area contributed by atoms with Crippen molar-refractivity contribution in [3.63, 3.8) is 0 Å². The normalized spacial score (nSPS) is 10.1. The van der Waals surface area contributed by atoms with Gasteiger partial charge in [0.2, 0.25) is 5.82 Å². The molecule has 0 saturated carbocycles. The van der Waals surface area contributed by atoms with Crippen LogP contribution in [0.5, 0.6) is 17.4 Å². The molecule has 3 aromatic rings. The predicted octanol–water partition coefficient (Wildman–Crippen LogP) is 3.93. The highest BCUT2D eigenvalue weighted by atomic mass is 16.6. The zero-order valence-corrected chi connectivity index (χ0v) is 13.2. The minimum absolute atomic E-state index is 0.00966. The number of nitro groups is 1. The van der Waals surface area contributed by atoms with Crippen molar-refractivity contribution in [2.75, 3.05) is 12.4 Å². The Balaban J connectivity index is 1.99. The van der Waals surface area contributed by atoms with E-state index < -0.39 is 4.92 Å². The Labute approximate surface area is 143 Å². The van der Waals surface area contributed by atoms with Crippen LogP contribution in [0.4, 0.5) is 17.2 Å². The lowest BCUT2D eigenvalue weighted by Gasteiger charge is -2.11. The van der Waals surface area contributed by atoms with Gasteiger partial charge in [-0.15, -0.1) is 0 Å². The second-order valence-electron chi connectivity index (χ2n) is 4.87. The van der Waals surface area contributed by atoms with E-state index in [-0.39, 0.29) is 17.4 Å². The predicted molar refractivity (Wildman–Crippen MR) is 91.5 cm³/mol. The number of aromatic nitrogens is 2. The Bertz CT molecular complexity index is 887. The van der Waals surface area contributed by atoms with Crippen LogP contribution in [0.15, 0.2) is 60.9 Å². The van der Waals surface area contributed by atoms with Crippen LogP contribution in [0.2, 0.25) is 0 Å². The molecule has 2 aromatic carbocycles. The molecule has 0 amide bonds. The zero-order chi connectivity index (χ0) is 17.6. The van der Waals surface area contributed by atoms with Gasteiger partial charge in [0.1, 0.15) is 17.8 Å². The van der Waals surface area contributed by atoms with Gasteiger partial charge in [0.05, 0.1) is 17.7 Å². The summed E-state index contributed by atoms with van der Waals surface area (Å²) in [6.07, 6.45) is 1.20. The summed E-state index contributed by atoms with van der Waals surface area (Å²) < 4.78 is 10.8. The molecule has 0 radical (unpaired) electrons. The molecule has 1 N–H and O–H groups in total. The van der Waals surface area contributed by atoms with E-state index in [9.17, 15) is 10.1 Å². The van der Waals surface area contributed by atoms with Gasteiger partial charge in [0, 0.05) is 0 Å². The molecule has 0 bridgehead atoms. The number of anilines is 2. The monoisotopic (exact) mass is 338 g/mol. The van der Waals surface area contributed by atoms with Crippen molar-refractivity contribution in [3.05, 3.63) is 71.0 Å². The summed E-state index contributed by atoms with van der Waals surface area (Å²) in [7, 11) is 1.51. The Morgan fingerprint density at radius 1 is 1.04 bits per heavy atom. The molecular weight excluding hydrogens is 324 g/mol. The quantitative estimate of drug-likeness (QED) is 0.537. The van der Waals surface area contributed by atoms with Crippen molar-refractivity contribution in [2.24, 2.45) is 0 Å². The highest BCUT2D eigenvalue weighted by Gasteiger charge is 2.25. The first-order valence-electron chi connectivity index (χ1n) is 7.31. The van der Waals surface area contributed by atoms with Crippen molar-refractivity contribution >= 4 is 17.2 Å². The molecule has 126 valence electrons. The number of ether oxygens (including phenoxy) is 2. The molecule has 25 heavy (non-hydrogen) atoms. The fraction of sp³-hybridized carbons (Fsp3) is 0.0588. The third-order valence-electron chi connectivity index (χ3n) is 3.29. The Morgan fingerprint density at radius 2 is 1.76 bits per heavy atom. The fourth-order valence-corrected chi connectivity index (χ4v) is 2.17. The summed E-state index contributed by atoms with van der Waals surface area (Å²) in [4.78, 5) is 18.8. The van der Waals surface area contributed by atoms with Crippen LogP contribution in [-0.2, 0) is 0 Å². The maximum Gasteiger partial charge on any atom is 0.373 e. The van der Waals surface area contributed by atoms with Crippen LogP contribution in [0.1, 0.15) is 0 Å². The minimum Gasteiger partial charge on any atom is -0.495 e. The van der Waals surface area contributed by atoms with Crippen molar-refractivity contribution in [3.8, 4) is 17.4 Å². The Morgan fingerprint density at radius 3 is 2.48 bits per heavy atom. The molecule has 0 spiro atoms. The van der Waals surface area contributed by atoms with Crippen LogP contribution in [0, 0.1) is 10.1 Å². The number of rotatable bonds is 6. The van der Waals surface area contributed by atoms with Crippen molar-refractivity contribution in [1.82, 2.24) is 9.97 Å². The van der Waals surface area contributed by atoms with Gasteiger partial charge in [0.25, 0.3) is 0 Å².